The van der Waals surface area contributed by atoms with Gasteiger partial charge in [0.1, 0.15) is 5.69 Å². The number of nitrogens with zero attached hydrogens (tertiary/aromatic N) is 2. The number of hydrogen-bond acceptors (Lipinski definition) is 3. The molecule has 0 aliphatic heterocycles. The molecule has 0 N–H and O–H groups in total. The van der Waals surface area contributed by atoms with Crippen molar-refractivity contribution in [2.75, 3.05) is 0 Å². The molecule has 3 rings (SSSR count). The molecule has 1 aliphatic rings. The second kappa shape index (κ2) is 6.20. The van der Waals surface area contributed by atoms with Crippen molar-refractivity contribution < 1.29 is 0 Å². The first-order valence-corrected chi connectivity index (χ1v) is 7.40. The Morgan fingerprint density at radius 3 is 2.57 bits per heavy atom. The number of pyridine rings is 1. The normalized spacial score (nSPS) is 13.0. The molecule has 1 aromatic heterocycles. The summed E-state index contributed by atoms with van der Waals surface area (Å²) < 4.78 is 0. The summed E-state index contributed by atoms with van der Waals surface area (Å²) in [5.41, 5.74) is 3.47. The van der Waals surface area contributed by atoms with Gasteiger partial charge in [-0.25, -0.2) is 4.98 Å². The Hall–Kier alpha value is -1.98. The Kier molecular flexibility index (Phi) is 4.13. The first-order chi connectivity index (χ1) is 10.3. The third-order valence-electron chi connectivity index (χ3n) is 3.29. The van der Waals surface area contributed by atoms with Crippen LogP contribution in [-0.4, -0.2) is 10.1 Å². The molecule has 1 aromatic carbocycles. The second-order valence-electron chi connectivity index (χ2n) is 4.87. The topological polar surface area (TPSA) is 25.2 Å². The molecule has 2 aromatic rings. The Bertz CT molecular complexity index is 777. The van der Waals surface area contributed by atoms with E-state index >= 15 is 0 Å². The minimum absolute atomic E-state index is 0.462. The largest absolute Gasteiger partial charge is 0.244 e. The van der Waals surface area contributed by atoms with Crippen molar-refractivity contribution in [2.24, 2.45) is 4.99 Å². The van der Waals surface area contributed by atoms with Gasteiger partial charge in [-0.05, 0) is 60.7 Å². The van der Waals surface area contributed by atoms with Gasteiger partial charge in [-0.2, -0.15) is 4.99 Å². The highest BCUT2D eigenvalue weighted by molar-refractivity contribution is 7.78. The molecule has 0 spiro atoms. The molecule has 1 saturated carbocycles. The molecule has 0 radical (unpaired) electrons. The van der Waals surface area contributed by atoms with E-state index in [0.29, 0.717) is 16.4 Å². The van der Waals surface area contributed by atoms with Crippen LogP contribution < -0.4 is 0 Å². The molecule has 2 nitrogen and oxygen atoms in total. The van der Waals surface area contributed by atoms with Crippen LogP contribution in [0.2, 0.25) is 5.02 Å². The van der Waals surface area contributed by atoms with Crippen molar-refractivity contribution in [1.29, 1.82) is 0 Å². The number of benzene rings is 1. The Morgan fingerprint density at radius 2 is 1.95 bits per heavy atom. The van der Waals surface area contributed by atoms with Crippen LogP contribution in [0.3, 0.4) is 0 Å². The van der Waals surface area contributed by atoms with Gasteiger partial charge in [-0.15, -0.1) is 0 Å². The Balaban J connectivity index is 1.81. The van der Waals surface area contributed by atoms with E-state index in [2.05, 4.69) is 51.3 Å². The van der Waals surface area contributed by atoms with Crippen LogP contribution in [0.4, 0.5) is 5.69 Å². The number of rotatable bonds is 2. The number of aliphatic imine (C=N–C) groups is 1. The van der Waals surface area contributed by atoms with Crippen LogP contribution in [-0.2, 0) is 0 Å². The van der Waals surface area contributed by atoms with Crippen molar-refractivity contribution in [3.8, 4) is 11.8 Å². The van der Waals surface area contributed by atoms with Crippen molar-refractivity contribution >= 4 is 34.7 Å². The first-order valence-electron chi connectivity index (χ1n) is 6.61. The average molecular weight is 311 g/mol. The van der Waals surface area contributed by atoms with Crippen molar-refractivity contribution in [3.63, 3.8) is 0 Å². The maximum absolute atomic E-state index is 6.12. The fourth-order valence-corrected chi connectivity index (χ4v) is 2.33. The van der Waals surface area contributed by atoms with Crippen LogP contribution in [0.1, 0.15) is 35.6 Å². The van der Waals surface area contributed by atoms with Crippen LogP contribution >= 0.6 is 23.8 Å². The Morgan fingerprint density at radius 1 is 1.19 bits per heavy atom. The fourth-order valence-electron chi connectivity index (χ4n) is 2.02. The summed E-state index contributed by atoms with van der Waals surface area (Å²) in [6.07, 6.45) is 4.19. The SMILES string of the molecule is S=C=Nc1cnc(C#Cc2ccc(C3CC3)cc2)c(Cl)c1. The van der Waals surface area contributed by atoms with E-state index in [-0.39, 0.29) is 0 Å². The van der Waals surface area contributed by atoms with Gasteiger partial charge in [0.2, 0.25) is 0 Å². The molecular formula is C17H11ClN2S. The van der Waals surface area contributed by atoms with Crippen molar-refractivity contribution in [3.05, 3.63) is 58.4 Å². The van der Waals surface area contributed by atoms with Crippen molar-refractivity contribution in [1.82, 2.24) is 4.98 Å². The number of isothiocyanates is 1. The van der Waals surface area contributed by atoms with E-state index in [0.717, 1.165) is 11.5 Å². The predicted molar refractivity (Wildman–Crippen MR) is 88.3 cm³/mol. The maximum atomic E-state index is 6.12. The molecule has 102 valence electrons. The van der Waals surface area contributed by atoms with Crippen LogP contribution in [0.25, 0.3) is 0 Å². The van der Waals surface area contributed by atoms with Gasteiger partial charge in [0.05, 0.1) is 22.1 Å². The van der Waals surface area contributed by atoms with Crippen LogP contribution in [0.15, 0.2) is 41.5 Å². The fraction of sp³-hybridized carbons (Fsp3) is 0.176. The lowest BCUT2D eigenvalue weighted by atomic mass is 10.1. The highest BCUT2D eigenvalue weighted by Gasteiger charge is 2.22. The van der Waals surface area contributed by atoms with Gasteiger partial charge in [0.15, 0.2) is 0 Å². The minimum atomic E-state index is 0.462. The molecule has 0 unspecified atom stereocenters. The zero-order chi connectivity index (χ0) is 14.7. The summed E-state index contributed by atoms with van der Waals surface area (Å²) in [6, 6.07) is 10.1. The third kappa shape index (κ3) is 3.56. The van der Waals surface area contributed by atoms with Crippen LogP contribution in [0.5, 0.6) is 0 Å². The summed E-state index contributed by atoms with van der Waals surface area (Å²) in [5, 5.41) is 2.74. The number of hydrogen-bond donors (Lipinski definition) is 0. The second-order valence-corrected chi connectivity index (χ2v) is 5.46. The third-order valence-corrected chi connectivity index (χ3v) is 3.67. The molecule has 0 amide bonds. The van der Waals surface area contributed by atoms with E-state index in [1.165, 1.54) is 18.4 Å². The molecule has 0 saturated heterocycles. The van der Waals surface area contributed by atoms with Crippen LogP contribution in [0, 0.1) is 11.8 Å². The summed E-state index contributed by atoms with van der Waals surface area (Å²) in [6.45, 7) is 0. The lowest BCUT2D eigenvalue weighted by Crippen LogP contribution is -1.84. The Labute approximate surface area is 133 Å². The van der Waals surface area contributed by atoms with Gasteiger partial charge in [0, 0.05) is 5.56 Å². The van der Waals surface area contributed by atoms with Gasteiger partial charge in [0.25, 0.3) is 0 Å². The zero-order valence-corrected chi connectivity index (χ0v) is 12.7. The summed E-state index contributed by atoms with van der Waals surface area (Å²) >= 11 is 10.7. The van der Waals surface area contributed by atoms with E-state index in [4.69, 9.17) is 11.6 Å². The smallest absolute Gasteiger partial charge is 0.132 e. The summed E-state index contributed by atoms with van der Waals surface area (Å²) in [4.78, 5) is 8.01. The standard InChI is InChI=1S/C17H11ClN2S/c18-16-9-15(20-11-21)10-19-17(16)8-3-12-1-4-13(5-2-12)14-6-7-14/h1-2,4-5,9-10,14H,6-7H2. The molecule has 0 bridgehead atoms. The number of thiocarbonyl (C=S) groups is 1. The quantitative estimate of drug-likeness (QED) is 0.454. The molecule has 1 heterocycles. The molecular weight excluding hydrogens is 300 g/mol. The summed E-state index contributed by atoms with van der Waals surface area (Å²) in [7, 11) is 0. The molecule has 1 fully saturated rings. The summed E-state index contributed by atoms with van der Waals surface area (Å²) in [5.74, 6) is 6.82. The van der Waals surface area contributed by atoms with E-state index in [1.54, 1.807) is 12.3 Å². The van der Waals surface area contributed by atoms with E-state index in [1.807, 2.05) is 12.1 Å². The van der Waals surface area contributed by atoms with Gasteiger partial charge in [-0.3, -0.25) is 0 Å². The zero-order valence-electron chi connectivity index (χ0n) is 11.1. The molecule has 1 aliphatic carbocycles. The minimum Gasteiger partial charge on any atom is -0.244 e. The highest BCUT2D eigenvalue weighted by atomic mass is 35.5. The highest BCUT2D eigenvalue weighted by Crippen LogP contribution is 2.39. The van der Waals surface area contributed by atoms with Crippen molar-refractivity contribution in [2.45, 2.75) is 18.8 Å². The molecule has 4 heteroatoms. The van der Waals surface area contributed by atoms with Gasteiger partial charge < -0.3 is 0 Å². The number of aromatic nitrogens is 1. The lowest BCUT2D eigenvalue weighted by Gasteiger charge is -1.97. The van der Waals surface area contributed by atoms with E-state index < -0.39 is 0 Å². The average Bonchev–Trinajstić information content (AvgIpc) is 3.32. The molecule has 21 heavy (non-hydrogen) atoms. The van der Waals surface area contributed by atoms with Gasteiger partial charge in [-0.1, -0.05) is 29.7 Å². The van der Waals surface area contributed by atoms with Gasteiger partial charge >= 0.3 is 0 Å². The monoisotopic (exact) mass is 310 g/mol. The lowest BCUT2D eigenvalue weighted by molar-refractivity contribution is 1.13. The maximum Gasteiger partial charge on any atom is 0.132 e. The predicted octanol–water partition coefficient (Wildman–Crippen LogP) is 4.75. The first kappa shape index (κ1) is 14.0. The number of halogens is 1. The van der Waals surface area contributed by atoms with E-state index in [9.17, 15) is 0 Å². The molecule has 0 atom stereocenters.